The second kappa shape index (κ2) is 11.3. The first-order valence-corrected chi connectivity index (χ1v) is 8.21. The van der Waals surface area contributed by atoms with Gasteiger partial charge < -0.3 is 13.3 Å². The molecule has 0 radical (unpaired) electrons. The Morgan fingerprint density at radius 1 is 0.706 bits per heavy atom. The third-order valence-electron chi connectivity index (χ3n) is 1.66. The third kappa shape index (κ3) is 9.84. The van der Waals surface area contributed by atoms with Crippen LogP contribution in [0.4, 0.5) is 13.2 Å². The minimum Gasteiger partial charge on any atom is -0.361 e. The molecule has 0 unspecified atom stereocenters. The summed E-state index contributed by atoms with van der Waals surface area (Å²) in [4.78, 5) is 0. The zero-order valence-electron chi connectivity index (χ0n) is 9.60. The van der Waals surface area contributed by atoms with Gasteiger partial charge in [0.25, 0.3) is 0 Å². The van der Waals surface area contributed by atoms with Crippen molar-refractivity contribution in [2.75, 3.05) is 39.8 Å². The van der Waals surface area contributed by atoms with Crippen LogP contribution in [0.1, 0.15) is 19.3 Å². The predicted octanol–water partition coefficient (Wildman–Crippen LogP) is 2.79. The zero-order valence-corrected chi connectivity index (χ0v) is 11.4. The summed E-state index contributed by atoms with van der Waals surface area (Å²) in [6.45, 7) is -1.39. The lowest BCUT2D eigenvalue weighted by molar-refractivity contribution is 0.0743. The Balaban J connectivity index is 3.95. The van der Waals surface area contributed by atoms with Crippen molar-refractivity contribution in [1.29, 1.82) is 0 Å². The van der Waals surface area contributed by atoms with Crippen molar-refractivity contribution in [2.45, 2.75) is 19.3 Å². The zero-order chi connectivity index (χ0) is 13.0. The van der Waals surface area contributed by atoms with Gasteiger partial charge in [-0.2, -0.15) is 0 Å². The first-order chi connectivity index (χ1) is 8.18. The third-order valence-corrected chi connectivity index (χ3v) is 4.29. The van der Waals surface area contributed by atoms with Crippen LogP contribution < -0.4 is 0 Å². The highest BCUT2D eigenvalue weighted by atomic mass is 35.6. The van der Waals surface area contributed by atoms with Gasteiger partial charge in [-0.05, 0) is 19.3 Å². The molecule has 0 aromatic heterocycles. The number of halogens is 4. The van der Waals surface area contributed by atoms with Crippen molar-refractivity contribution in [3.8, 4) is 0 Å². The topological polar surface area (TPSA) is 27.7 Å². The molecule has 0 heterocycles. The van der Waals surface area contributed by atoms with E-state index in [4.69, 9.17) is 24.4 Å². The summed E-state index contributed by atoms with van der Waals surface area (Å²) < 4.78 is 51.1. The fourth-order valence-corrected chi connectivity index (χ4v) is 2.98. The molecule has 17 heavy (non-hydrogen) atoms. The number of hydrogen-bond acceptors (Lipinski definition) is 3. The second-order valence-corrected chi connectivity index (χ2v) is 6.37. The average Bonchev–Trinajstić information content (AvgIpc) is 2.30. The lowest BCUT2D eigenvalue weighted by atomic mass is 10.5. The van der Waals surface area contributed by atoms with Crippen LogP contribution in [0.3, 0.4) is 0 Å². The summed E-state index contributed by atoms with van der Waals surface area (Å²) >= 11 is 5.95. The monoisotopic (exact) mass is 294 g/mol. The molecule has 0 saturated heterocycles. The van der Waals surface area contributed by atoms with E-state index in [1.54, 1.807) is 0 Å². The molecule has 0 aromatic rings. The molecule has 0 saturated carbocycles. The SMILES string of the molecule is FCCCO[Si](Cl)(OCCCF)OCCCF. The van der Waals surface area contributed by atoms with Gasteiger partial charge in [-0.15, -0.1) is 0 Å². The molecular formula is C9H18ClF3O3Si. The Morgan fingerprint density at radius 2 is 1.00 bits per heavy atom. The van der Waals surface area contributed by atoms with Crippen molar-refractivity contribution in [3.63, 3.8) is 0 Å². The molecule has 0 aliphatic rings. The van der Waals surface area contributed by atoms with Crippen LogP contribution in [-0.2, 0) is 13.3 Å². The maximum Gasteiger partial charge on any atom is 0.613 e. The quantitative estimate of drug-likeness (QED) is 0.315. The van der Waals surface area contributed by atoms with E-state index in [0.717, 1.165) is 0 Å². The molecule has 3 nitrogen and oxygen atoms in total. The second-order valence-electron chi connectivity index (χ2n) is 3.15. The Bertz CT molecular complexity index is 153. The molecule has 0 spiro atoms. The maximum atomic E-state index is 11.9. The molecule has 0 N–H and O–H groups in total. The molecule has 0 rings (SSSR count). The predicted molar refractivity (Wildman–Crippen MR) is 61.2 cm³/mol. The summed E-state index contributed by atoms with van der Waals surface area (Å²) in [6, 6.07) is 0. The van der Waals surface area contributed by atoms with Crippen molar-refractivity contribution in [3.05, 3.63) is 0 Å². The van der Waals surface area contributed by atoms with E-state index in [-0.39, 0.29) is 39.1 Å². The van der Waals surface area contributed by atoms with Gasteiger partial charge in [0.1, 0.15) is 0 Å². The fraction of sp³-hybridized carbons (Fsp3) is 1.00. The molecule has 0 aliphatic heterocycles. The standard InChI is InChI=1S/C9H18ClF3O3Si/c10-17(14-7-1-4-11,15-8-2-5-12)16-9-3-6-13/h1-9H2. The van der Waals surface area contributed by atoms with Crippen molar-refractivity contribution in [1.82, 2.24) is 0 Å². The molecule has 104 valence electrons. The van der Waals surface area contributed by atoms with Crippen LogP contribution in [0.25, 0.3) is 0 Å². The Hall–Kier alpha value is 0.177. The van der Waals surface area contributed by atoms with Gasteiger partial charge in [-0.1, -0.05) is 11.1 Å². The summed E-state index contributed by atoms with van der Waals surface area (Å²) in [5, 5.41) is 0. The maximum absolute atomic E-state index is 11.9. The normalized spacial score (nSPS) is 12.0. The Labute approximate surface area is 105 Å². The summed E-state index contributed by atoms with van der Waals surface area (Å²) in [6.07, 6.45) is 0.543. The lowest BCUT2D eigenvalue weighted by Crippen LogP contribution is -2.41. The Kier molecular flexibility index (Phi) is 11.4. The molecule has 0 aromatic carbocycles. The largest absolute Gasteiger partial charge is 0.613 e. The van der Waals surface area contributed by atoms with Crippen LogP contribution >= 0.6 is 11.1 Å². The number of rotatable bonds is 12. The van der Waals surface area contributed by atoms with Gasteiger partial charge in [-0.3, -0.25) is 13.2 Å². The highest BCUT2D eigenvalue weighted by Crippen LogP contribution is 2.16. The van der Waals surface area contributed by atoms with Crippen molar-refractivity contribution < 1.29 is 26.4 Å². The molecule has 0 amide bonds. The molecule has 0 bridgehead atoms. The van der Waals surface area contributed by atoms with Gasteiger partial charge >= 0.3 is 8.11 Å². The molecule has 8 heteroatoms. The summed E-state index contributed by atoms with van der Waals surface area (Å²) in [7, 11) is -3.39. The van der Waals surface area contributed by atoms with E-state index < -0.39 is 28.1 Å². The number of alkyl halides is 3. The first kappa shape index (κ1) is 17.2. The first-order valence-electron chi connectivity index (χ1n) is 5.47. The fourth-order valence-electron chi connectivity index (χ4n) is 0.871. The van der Waals surface area contributed by atoms with E-state index in [1.165, 1.54) is 0 Å². The highest BCUT2D eigenvalue weighted by Gasteiger charge is 2.39. The van der Waals surface area contributed by atoms with Gasteiger partial charge in [-0.25, -0.2) is 0 Å². The van der Waals surface area contributed by atoms with Gasteiger partial charge in [0.05, 0.1) is 20.0 Å². The van der Waals surface area contributed by atoms with E-state index in [0.29, 0.717) is 0 Å². The van der Waals surface area contributed by atoms with Crippen LogP contribution in [0.15, 0.2) is 0 Å². The smallest absolute Gasteiger partial charge is 0.361 e. The van der Waals surface area contributed by atoms with Crippen molar-refractivity contribution >= 4 is 19.2 Å². The average molecular weight is 295 g/mol. The van der Waals surface area contributed by atoms with Crippen molar-refractivity contribution in [2.24, 2.45) is 0 Å². The van der Waals surface area contributed by atoms with Crippen LogP contribution in [-0.4, -0.2) is 48.0 Å². The summed E-state index contributed by atoms with van der Waals surface area (Å²) in [5.74, 6) is 0. The molecule has 0 aliphatic carbocycles. The minimum atomic E-state index is -3.39. The van der Waals surface area contributed by atoms with Crippen LogP contribution in [0, 0.1) is 0 Å². The van der Waals surface area contributed by atoms with Crippen LogP contribution in [0.2, 0.25) is 0 Å². The van der Waals surface area contributed by atoms with Gasteiger partial charge in [0.15, 0.2) is 0 Å². The van der Waals surface area contributed by atoms with Gasteiger partial charge in [0.2, 0.25) is 0 Å². The molecular weight excluding hydrogens is 277 g/mol. The van der Waals surface area contributed by atoms with E-state index in [2.05, 4.69) is 0 Å². The molecule has 0 fully saturated rings. The van der Waals surface area contributed by atoms with E-state index >= 15 is 0 Å². The number of hydrogen-bond donors (Lipinski definition) is 0. The highest BCUT2D eigenvalue weighted by molar-refractivity contribution is 7.09. The van der Waals surface area contributed by atoms with Crippen LogP contribution in [0.5, 0.6) is 0 Å². The minimum absolute atomic E-state index is 0.0669. The van der Waals surface area contributed by atoms with Gasteiger partial charge in [0, 0.05) is 19.8 Å². The van der Waals surface area contributed by atoms with E-state index in [1.807, 2.05) is 0 Å². The summed E-state index contributed by atoms with van der Waals surface area (Å²) in [5.41, 5.74) is 0. The van der Waals surface area contributed by atoms with E-state index in [9.17, 15) is 13.2 Å². The molecule has 0 atom stereocenters. The Morgan fingerprint density at radius 3 is 1.24 bits per heavy atom. The lowest BCUT2D eigenvalue weighted by Gasteiger charge is -2.22.